The third-order valence-corrected chi connectivity index (χ3v) is 4.24. The zero-order valence-electron chi connectivity index (χ0n) is 9.78. The zero-order valence-corrected chi connectivity index (χ0v) is 11.9. The fourth-order valence-corrected chi connectivity index (χ4v) is 2.86. The predicted molar refractivity (Wildman–Crippen MR) is 74.3 cm³/mol. The fraction of sp³-hybridized carbons (Fsp3) is 0.667. The second kappa shape index (κ2) is 5.29. The van der Waals surface area contributed by atoms with Crippen LogP contribution >= 0.6 is 22.6 Å². The lowest BCUT2D eigenvalue weighted by Crippen LogP contribution is -2.25. The van der Waals surface area contributed by atoms with E-state index in [9.17, 15) is 0 Å². The van der Waals surface area contributed by atoms with Crippen molar-refractivity contribution in [3.8, 4) is 0 Å². The predicted octanol–water partition coefficient (Wildman–Crippen LogP) is 3.32. The lowest BCUT2D eigenvalue weighted by Gasteiger charge is -2.20. The number of rotatable bonds is 3. The molecular weight excluding hydrogens is 313 g/mol. The second-order valence-corrected chi connectivity index (χ2v) is 5.83. The topological polar surface area (TPSA) is 37.8 Å². The summed E-state index contributed by atoms with van der Waals surface area (Å²) in [5.74, 6) is 2.36. The molecule has 3 unspecified atom stereocenters. The van der Waals surface area contributed by atoms with E-state index in [0.717, 1.165) is 21.4 Å². The molecule has 0 aliphatic heterocycles. The van der Waals surface area contributed by atoms with Crippen LogP contribution in [0.25, 0.3) is 0 Å². The third kappa shape index (κ3) is 2.64. The van der Waals surface area contributed by atoms with Gasteiger partial charge in [0.1, 0.15) is 0 Å². The Hall–Kier alpha value is -0.390. The van der Waals surface area contributed by atoms with Crippen LogP contribution in [-0.2, 0) is 0 Å². The first kappa shape index (κ1) is 12.1. The molecule has 0 saturated heterocycles. The van der Waals surface area contributed by atoms with Gasteiger partial charge < -0.3 is 5.32 Å². The maximum atomic E-state index is 4.30. The van der Waals surface area contributed by atoms with E-state index < -0.39 is 0 Å². The first-order valence-electron chi connectivity index (χ1n) is 5.94. The van der Waals surface area contributed by atoms with Crippen LogP contribution in [0.1, 0.15) is 33.1 Å². The van der Waals surface area contributed by atoms with E-state index in [2.05, 4.69) is 51.7 Å². The van der Waals surface area contributed by atoms with E-state index in [1.54, 1.807) is 0 Å². The number of halogens is 1. The van der Waals surface area contributed by atoms with Gasteiger partial charge in [-0.05, 0) is 47.3 Å². The van der Waals surface area contributed by atoms with Crippen LogP contribution in [0, 0.1) is 15.4 Å². The number of hydrogen-bond donors (Lipinski definition) is 1. The highest BCUT2D eigenvalue weighted by Gasteiger charge is 2.31. The quantitative estimate of drug-likeness (QED) is 0.864. The van der Waals surface area contributed by atoms with Crippen LogP contribution in [0.3, 0.4) is 0 Å². The van der Waals surface area contributed by atoms with Crippen LogP contribution in [-0.4, -0.2) is 16.0 Å². The molecule has 2 rings (SSSR count). The molecule has 0 radical (unpaired) electrons. The Kier molecular flexibility index (Phi) is 4.00. The molecule has 1 aromatic heterocycles. The van der Waals surface area contributed by atoms with Gasteiger partial charge in [-0.15, -0.1) is 0 Å². The summed E-state index contributed by atoms with van der Waals surface area (Å²) in [6, 6.07) is 0.546. The standard InChI is InChI=1S/C12H18IN3/c1-3-9-4-5-11(8(9)2)16-12-14-6-10(13)7-15-12/h6-9,11H,3-5H2,1-2H3,(H,14,15,16). The molecule has 1 N–H and O–H groups in total. The van der Waals surface area contributed by atoms with E-state index in [4.69, 9.17) is 0 Å². The summed E-state index contributed by atoms with van der Waals surface area (Å²) in [4.78, 5) is 8.59. The summed E-state index contributed by atoms with van der Waals surface area (Å²) in [7, 11) is 0. The molecule has 3 nitrogen and oxygen atoms in total. The molecule has 16 heavy (non-hydrogen) atoms. The van der Waals surface area contributed by atoms with Gasteiger partial charge in [0, 0.05) is 22.0 Å². The Morgan fingerprint density at radius 2 is 2.06 bits per heavy atom. The summed E-state index contributed by atoms with van der Waals surface area (Å²) in [6.45, 7) is 4.62. The van der Waals surface area contributed by atoms with E-state index >= 15 is 0 Å². The Morgan fingerprint density at radius 3 is 2.62 bits per heavy atom. The molecule has 1 aliphatic rings. The van der Waals surface area contributed by atoms with Crippen molar-refractivity contribution < 1.29 is 0 Å². The van der Waals surface area contributed by atoms with Crippen LogP contribution in [0.4, 0.5) is 5.95 Å². The molecule has 0 bridgehead atoms. The van der Waals surface area contributed by atoms with Gasteiger partial charge in [0.05, 0.1) is 0 Å². The fourth-order valence-electron chi connectivity index (χ4n) is 2.58. The zero-order chi connectivity index (χ0) is 11.5. The molecule has 1 aliphatic carbocycles. The van der Waals surface area contributed by atoms with Gasteiger partial charge in [0.2, 0.25) is 5.95 Å². The minimum absolute atomic E-state index is 0.546. The normalized spacial score (nSPS) is 29.3. The molecule has 1 fully saturated rings. The second-order valence-electron chi connectivity index (χ2n) is 4.58. The third-order valence-electron chi connectivity index (χ3n) is 3.69. The van der Waals surface area contributed by atoms with Crippen LogP contribution in [0.15, 0.2) is 12.4 Å². The van der Waals surface area contributed by atoms with Crippen molar-refractivity contribution in [1.29, 1.82) is 0 Å². The summed E-state index contributed by atoms with van der Waals surface area (Å²) in [5.41, 5.74) is 0. The number of anilines is 1. The molecule has 0 amide bonds. The Bertz CT molecular complexity index is 339. The highest BCUT2D eigenvalue weighted by Crippen LogP contribution is 2.35. The van der Waals surface area contributed by atoms with Gasteiger partial charge in [-0.25, -0.2) is 9.97 Å². The average molecular weight is 331 g/mol. The molecule has 1 aromatic rings. The Labute approximate surface area is 111 Å². The van der Waals surface area contributed by atoms with E-state index in [1.807, 2.05) is 12.4 Å². The summed E-state index contributed by atoms with van der Waals surface area (Å²) >= 11 is 2.22. The van der Waals surface area contributed by atoms with Crippen LogP contribution in [0.5, 0.6) is 0 Å². The highest BCUT2D eigenvalue weighted by atomic mass is 127. The van der Waals surface area contributed by atoms with E-state index in [0.29, 0.717) is 6.04 Å². The minimum atomic E-state index is 0.546. The van der Waals surface area contributed by atoms with E-state index in [1.165, 1.54) is 19.3 Å². The molecule has 1 saturated carbocycles. The number of aromatic nitrogens is 2. The van der Waals surface area contributed by atoms with E-state index in [-0.39, 0.29) is 0 Å². The highest BCUT2D eigenvalue weighted by molar-refractivity contribution is 14.1. The lowest BCUT2D eigenvalue weighted by molar-refractivity contribution is 0.391. The van der Waals surface area contributed by atoms with Crippen molar-refractivity contribution in [2.45, 2.75) is 39.2 Å². The lowest BCUT2D eigenvalue weighted by atomic mass is 9.94. The molecule has 0 spiro atoms. The molecule has 4 heteroatoms. The van der Waals surface area contributed by atoms with Gasteiger partial charge in [0.25, 0.3) is 0 Å². The average Bonchev–Trinajstić information content (AvgIpc) is 2.63. The Morgan fingerprint density at radius 1 is 1.38 bits per heavy atom. The van der Waals surface area contributed by atoms with Gasteiger partial charge in [-0.2, -0.15) is 0 Å². The Balaban J connectivity index is 1.98. The minimum Gasteiger partial charge on any atom is -0.351 e. The maximum Gasteiger partial charge on any atom is 0.222 e. The van der Waals surface area contributed by atoms with Crippen molar-refractivity contribution in [3.05, 3.63) is 16.0 Å². The van der Waals surface area contributed by atoms with Gasteiger partial charge in [0.15, 0.2) is 0 Å². The maximum absolute atomic E-state index is 4.30. The monoisotopic (exact) mass is 331 g/mol. The summed E-state index contributed by atoms with van der Waals surface area (Å²) in [5, 5.41) is 3.46. The smallest absolute Gasteiger partial charge is 0.222 e. The summed E-state index contributed by atoms with van der Waals surface area (Å²) < 4.78 is 1.08. The molecule has 3 atom stereocenters. The molecular formula is C12H18IN3. The SMILES string of the molecule is CCC1CCC(Nc2ncc(I)cn2)C1C. The van der Waals surface area contributed by atoms with Crippen LogP contribution < -0.4 is 5.32 Å². The van der Waals surface area contributed by atoms with Gasteiger partial charge >= 0.3 is 0 Å². The largest absolute Gasteiger partial charge is 0.351 e. The molecule has 0 aromatic carbocycles. The van der Waals surface area contributed by atoms with Crippen molar-refractivity contribution in [1.82, 2.24) is 9.97 Å². The first-order valence-corrected chi connectivity index (χ1v) is 7.02. The van der Waals surface area contributed by atoms with Crippen molar-refractivity contribution >= 4 is 28.5 Å². The first-order chi connectivity index (χ1) is 7.70. The molecule has 88 valence electrons. The van der Waals surface area contributed by atoms with Crippen molar-refractivity contribution in [2.24, 2.45) is 11.8 Å². The number of nitrogens with zero attached hydrogens (tertiary/aromatic N) is 2. The number of hydrogen-bond acceptors (Lipinski definition) is 3. The van der Waals surface area contributed by atoms with Gasteiger partial charge in [-0.1, -0.05) is 20.3 Å². The number of nitrogens with one attached hydrogen (secondary N) is 1. The van der Waals surface area contributed by atoms with Crippen molar-refractivity contribution in [3.63, 3.8) is 0 Å². The van der Waals surface area contributed by atoms with Gasteiger partial charge in [-0.3, -0.25) is 0 Å². The summed E-state index contributed by atoms with van der Waals surface area (Å²) in [6.07, 6.45) is 7.57. The van der Waals surface area contributed by atoms with Crippen molar-refractivity contribution in [2.75, 3.05) is 5.32 Å². The molecule has 1 heterocycles. The van der Waals surface area contributed by atoms with Crippen LogP contribution in [0.2, 0.25) is 0 Å².